The van der Waals surface area contributed by atoms with Crippen molar-refractivity contribution < 1.29 is 19.6 Å². The number of aromatic nitrogens is 1. The predicted molar refractivity (Wildman–Crippen MR) is 116 cm³/mol. The fourth-order valence-electron chi connectivity index (χ4n) is 3.43. The monoisotopic (exact) mass is 435 g/mol. The number of aliphatic hydroxyl groups is 1. The molecule has 156 valence electrons. The van der Waals surface area contributed by atoms with Crippen molar-refractivity contribution in [3.63, 3.8) is 0 Å². The van der Waals surface area contributed by atoms with Gasteiger partial charge < -0.3 is 5.11 Å². The summed E-state index contributed by atoms with van der Waals surface area (Å²) in [5.41, 5.74) is 1.36. The van der Waals surface area contributed by atoms with Gasteiger partial charge in [0.15, 0.2) is 5.13 Å². The summed E-state index contributed by atoms with van der Waals surface area (Å²) in [6, 6.07) is 13.0. The SMILES string of the molecule is Cc1nc(N2C(=O)C(=O)/C(=C(/O)c3ccccc3)C2c2ccc([N+](=O)[O-])cc2)sc1C. The average Bonchev–Trinajstić information content (AvgIpc) is 3.23. The number of aryl methyl sites for hydroxylation is 2. The molecule has 2 heterocycles. The van der Waals surface area contributed by atoms with Gasteiger partial charge in [-0.1, -0.05) is 30.3 Å². The molecule has 1 aliphatic heterocycles. The third-order valence-corrected chi connectivity index (χ3v) is 6.21. The Hall–Kier alpha value is -3.85. The number of hydrogen-bond acceptors (Lipinski definition) is 7. The highest BCUT2D eigenvalue weighted by Crippen LogP contribution is 2.43. The summed E-state index contributed by atoms with van der Waals surface area (Å²) < 4.78 is 0. The van der Waals surface area contributed by atoms with Crippen molar-refractivity contribution >= 4 is 39.6 Å². The standard InChI is InChI=1S/C22H17N3O5S/c1-12-13(2)31-22(23-12)24-18(14-8-10-16(11-9-14)25(29)30)17(20(27)21(24)28)19(26)15-6-4-3-5-7-15/h3-11,18,26H,1-2H3/b19-17+. The van der Waals surface area contributed by atoms with E-state index in [1.807, 2.05) is 6.92 Å². The van der Waals surface area contributed by atoms with Gasteiger partial charge in [-0.15, -0.1) is 11.3 Å². The molecule has 2 aromatic carbocycles. The first-order chi connectivity index (χ1) is 14.8. The van der Waals surface area contributed by atoms with Gasteiger partial charge in [-0.2, -0.15) is 0 Å². The van der Waals surface area contributed by atoms with Crippen LogP contribution >= 0.6 is 11.3 Å². The Labute approximate surface area is 181 Å². The second-order valence-corrected chi connectivity index (χ2v) is 8.20. The number of nitro groups is 1. The Morgan fingerprint density at radius 3 is 2.29 bits per heavy atom. The van der Waals surface area contributed by atoms with Crippen LogP contribution in [0.15, 0.2) is 60.2 Å². The molecule has 1 amide bonds. The second kappa shape index (κ2) is 7.77. The number of nitrogens with zero attached hydrogens (tertiary/aromatic N) is 3. The minimum Gasteiger partial charge on any atom is -0.507 e. The van der Waals surface area contributed by atoms with Crippen molar-refractivity contribution in [1.82, 2.24) is 4.98 Å². The lowest BCUT2D eigenvalue weighted by atomic mass is 9.95. The zero-order chi connectivity index (χ0) is 22.3. The smallest absolute Gasteiger partial charge is 0.301 e. The molecule has 1 saturated heterocycles. The molecule has 0 bridgehead atoms. The van der Waals surface area contributed by atoms with Crippen molar-refractivity contribution in [3.8, 4) is 0 Å². The van der Waals surface area contributed by atoms with E-state index >= 15 is 0 Å². The molecule has 1 aliphatic rings. The minimum absolute atomic E-state index is 0.0874. The Morgan fingerprint density at radius 2 is 1.74 bits per heavy atom. The van der Waals surface area contributed by atoms with Gasteiger partial charge in [0.2, 0.25) is 0 Å². The maximum absolute atomic E-state index is 13.0. The molecule has 31 heavy (non-hydrogen) atoms. The van der Waals surface area contributed by atoms with Gasteiger partial charge in [0, 0.05) is 22.6 Å². The van der Waals surface area contributed by atoms with Gasteiger partial charge in [0.1, 0.15) is 5.76 Å². The molecule has 1 fully saturated rings. The van der Waals surface area contributed by atoms with E-state index in [2.05, 4.69) is 4.98 Å². The van der Waals surface area contributed by atoms with Crippen LogP contribution in [0.3, 0.4) is 0 Å². The van der Waals surface area contributed by atoms with Crippen molar-refractivity contribution in [2.75, 3.05) is 4.90 Å². The molecule has 0 aliphatic carbocycles. The Bertz CT molecular complexity index is 1210. The molecule has 0 spiro atoms. The van der Waals surface area contributed by atoms with Gasteiger partial charge >= 0.3 is 5.91 Å². The number of amides is 1. The molecule has 1 atom stereocenters. The number of carbonyl (C=O) groups excluding carboxylic acids is 2. The predicted octanol–water partition coefficient (Wildman–Crippen LogP) is 4.29. The zero-order valence-electron chi connectivity index (χ0n) is 16.6. The third kappa shape index (κ3) is 3.49. The van der Waals surface area contributed by atoms with Crippen LogP contribution in [-0.4, -0.2) is 26.7 Å². The van der Waals surface area contributed by atoms with E-state index in [1.165, 1.54) is 40.5 Å². The average molecular weight is 435 g/mol. The molecule has 9 heteroatoms. The fraction of sp³-hybridized carbons (Fsp3) is 0.136. The number of hydrogen-bond donors (Lipinski definition) is 1. The van der Waals surface area contributed by atoms with Crippen LogP contribution in [0.5, 0.6) is 0 Å². The first kappa shape index (κ1) is 20.4. The summed E-state index contributed by atoms with van der Waals surface area (Å²) in [6.45, 7) is 3.66. The lowest BCUT2D eigenvalue weighted by molar-refractivity contribution is -0.384. The fourth-order valence-corrected chi connectivity index (χ4v) is 4.37. The lowest BCUT2D eigenvalue weighted by Gasteiger charge is -2.22. The number of aliphatic hydroxyl groups excluding tert-OH is 1. The zero-order valence-corrected chi connectivity index (χ0v) is 17.4. The van der Waals surface area contributed by atoms with E-state index < -0.39 is 22.7 Å². The number of anilines is 1. The number of carbonyl (C=O) groups is 2. The number of ketones is 1. The molecular weight excluding hydrogens is 418 g/mol. The summed E-state index contributed by atoms with van der Waals surface area (Å²) in [7, 11) is 0. The van der Waals surface area contributed by atoms with Gasteiger partial charge in [-0.3, -0.25) is 24.6 Å². The first-order valence-electron chi connectivity index (χ1n) is 9.34. The summed E-state index contributed by atoms with van der Waals surface area (Å²) >= 11 is 1.26. The second-order valence-electron chi connectivity index (χ2n) is 7.02. The van der Waals surface area contributed by atoms with Crippen molar-refractivity contribution in [2.45, 2.75) is 19.9 Å². The molecule has 1 N–H and O–H groups in total. The van der Waals surface area contributed by atoms with E-state index in [0.29, 0.717) is 16.3 Å². The van der Waals surface area contributed by atoms with Crippen molar-refractivity contribution in [2.24, 2.45) is 0 Å². The number of rotatable bonds is 4. The van der Waals surface area contributed by atoms with Gasteiger partial charge in [-0.05, 0) is 31.5 Å². The summed E-state index contributed by atoms with van der Waals surface area (Å²) in [6.07, 6.45) is 0. The lowest BCUT2D eigenvalue weighted by Crippen LogP contribution is -2.29. The normalized spacial score (nSPS) is 17.9. The van der Waals surface area contributed by atoms with Crippen LogP contribution in [0.2, 0.25) is 0 Å². The van der Waals surface area contributed by atoms with Crippen LogP contribution in [0, 0.1) is 24.0 Å². The summed E-state index contributed by atoms with van der Waals surface area (Å²) in [5.74, 6) is -1.96. The Balaban J connectivity index is 1.94. The van der Waals surface area contributed by atoms with Crippen molar-refractivity contribution in [1.29, 1.82) is 0 Å². The van der Waals surface area contributed by atoms with Gasteiger partial charge in [-0.25, -0.2) is 4.98 Å². The molecular formula is C22H17N3O5S. The van der Waals surface area contributed by atoms with E-state index in [-0.39, 0.29) is 17.0 Å². The number of benzene rings is 2. The topological polar surface area (TPSA) is 114 Å². The van der Waals surface area contributed by atoms with E-state index in [1.54, 1.807) is 37.3 Å². The number of nitro benzene ring substituents is 1. The van der Waals surface area contributed by atoms with Crippen LogP contribution in [0.25, 0.3) is 5.76 Å². The highest BCUT2D eigenvalue weighted by atomic mass is 32.1. The third-order valence-electron chi connectivity index (χ3n) is 5.13. The molecule has 3 aromatic rings. The number of non-ortho nitro benzene ring substituents is 1. The number of thiazole rings is 1. The molecule has 0 saturated carbocycles. The minimum atomic E-state index is -0.967. The van der Waals surface area contributed by atoms with E-state index in [0.717, 1.165) is 10.6 Å². The van der Waals surface area contributed by atoms with Crippen LogP contribution < -0.4 is 4.90 Å². The highest BCUT2D eigenvalue weighted by molar-refractivity contribution is 7.16. The maximum Gasteiger partial charge on any atom is 0.301 e. The maximum atomic E-state index is 13.0. The Kier molecular flexibility index (Phi) is 5.12. The van der Waals surface area contributed by atoms with E-state index in [4.69, 9.17) is 0 Å². The molecule has 1 aromatic heterocycles. The quantitative estimate of drug-likeness (QED) is 0.215. The molecule has 0 radical (unpaired) electrons. The molecule has 8 nitrogen and oxygen atoms in total. The Morgan fingerprint density at radius 1 is 1.10 bits per heavy atom. The highest BCUT2D eigenvalue weighted by Gasteiger charge is 2.48. The largest absolute Gasteiger partial charge is 0.507 e. The summed E-state index contributed by atoms with van der Waals surface area (Å²) in [4.78, 5) is 43.1. The summed E-state index contributed by atoms with van der Waals surface area (Å²) in [5, 5.41) is 22.3. The van der Waals surface area contributed by atoms with Crippen LogP contribution in [0.1, 0.15) is 27.7 Å². The van der Waals surface area contributed by atoms with Crippen LogP contribution in [-0.2, 0) is 9.59 Å². The molecule has 4 rings (SSSR count). The number of Topliss-reactive ketones (excluding diaryl/α,β-unsaturated/α-hetero) is 1. The molecule has 1 unspecified atom stereocenters. The van der Waals surface area contributed by atoms with Gasteiger partial charge in [0.25, 0.3) is 11.5 Å². The van der Waals surface area contributed by atoms with Gasteiger partial charge in [0.05, 0.1) is 22.2 Å². The van der Waals surface area contributed by atoms with Crippen LogP contribution in [0.4, 0.5) is 10.8 Å². The van der Waals surface area contributed by atoms with E-state index in [9.17, 15) is 24.8 Å². The van der Waals surface area contributed by atoms with Crippen molar-refractivity contribution in [3.05, 3.63) is 92.0 Å². The first-order valence-corrected chi connectivity index (χ1v) is 10.2.